The molecule has 4 rings (SSSR count). The Kier molecular flexibility index (Phi) is 5.37. The lowest BCUT2D eigenvalue weighted by molar-refractivity contribution is -0.123. The fourth-order valence-electron chi connectivity index (χ4n) is 4.46. The average Bonchev–Trinajstić information content (AvgIpc) is 3.16. The second-order valence-corrected chi connectivity index (χ2v) is 7.87. The molecule has 138 valence electrons. The number of hydrogen-bond acceptors (Lipinski definition) is 3. The van der Waals surface area contributed by atoms with Crippen LogP contribution in [0.15, 0.2) is 36.7 Å². The molecule has 2 aliphatic carbocycles. The standard InChI is InChI=1S/C22H28N2O2/c25-22(14-16-4-1-2-5-16)24-18-8-10-19(11-9-18)26-21-7-3-6-17-15-23-13-12-20(17)21/h3,6-7,12-13,15-16,18-19H,1-2,4-5,8-11,14H2,(H,24,25). The number of amides is 1. The predicted octanol–water partition coefficient (Wildman–Crippen LogP) is 4.62. The predicted molar refractivity (Wildman–Crippen MR) is 103 cm³/mol. The van der Waals surface area contributed by atoms with Gasteiger partial charge in [-0.1, -0.05) is 25.0 Å². The highest BCUT2D eigenvalue weighted by Gasteiger charge is 2.25. The topological polar surface area (TPSA) is 51.2 Å². The van der Waals surface area contributed by atoms with Crippen LogP contribution in [0.5, 0.6) is 5.75 Å². The van der Waals surface area contributed by atoms with Gasteiger partial charge in [-0.25, -0.2) is 0 Å². The Morgan fingerprint density at radius 1 is 1.08 bits per heavy atom. The van der Waals surface area contributed by atoms with Crippen LogP contribution >= 0.6 is 0 Å². The molecule has 1 amide bonds. The summed E-state index contributed by atoms with van der Waals surface area (Å²) in [7, 11) is 0. The minimum absolute atomic E-state index is 0.233. The molecular formula is C22H28N2O2. The molecule has 1 heterocycles. The van der Waals surface area contributed by atoms with Gasteiger partial charge in [0.05, 0.1) is 6.10 Å². The van der Waals surface area contributed by atoms with Crippen LogP contribution in [0, 0.1) is 5.92 Å². The third-order valence-corrected chi connectivity index (χ3v) is 5.92. The van der Waals surface area contributed by atoms with Gasteiger partial charge in [-0.3, -0.25) is 9.78 Å². The van der Waals surface area contributed by atoms with E-state index in [1.54, 1.807) is 0 Å². The van der Waals surface area contributed by atoms with Crippen molar-refractivity contribution in [2.45, 2.75) is 69.9 Å². The molecule has 2 aliphatic rings. The number of carbonyl (C=O) groups excluding carboxylic acids is 1. The van der Waals surface area contributed by atoms with Crippen LogP contribution in [0.4, 0.5) is 0 Å². The zero-order valence-corrected chi connectivity index (χ0v) is 15.3. The Hall–Kier alpha value is -2.10. The lowest BCUT2D eigenvalue weighted by Crippen LogP contribution is -2.40. The molecule has 0 atom stereocenters. The summed E-state index contributed by atoms with van der Waals surface area (Å²) < 4.78 is 6.29. The molecule has 0 aliphatic heterocycles. The normalized spacial score (nSPS) is 23.8. The molecule has 2 saturated carbocycles. The van der Waals surface area contributed by atoms with Crippen molar-refractivity contribution in [2.24, 2.45) is 5.92 Å². The summed E-state index contributed by atoms with van der Waals surface area (Å²) in [5.41, 5.74) is 0. The van der Waals surface area contributed by atoms with Gasteiger partial charge in [0.1, 0.15) is 5.75 Å². The van der Waals surface area contributed by atoms with E-state index in [0.717, 1.165) is 48.6 Å². The van der Waals surface area contributed by atoms with Crippen LogP contribution < -0.4 is 10.1 Å². The molecular weight excluding hydrogens is 324 g/mol. The Morgan fingerprint density at radius 3 is 2.69 bits per heavy atom. The molecule has 4 heteroatoms. The van der Waals surface area contributed by atoms with Crippen molar-refractivity contribution in [3.05, 3.63) is 36.7 Å². The van der Waals surface area contributed by atoms with Gasteiger partial charge >= 0.3 is 0 Å². The van der Waals surface area contributed by atoms with Crippen LogP contribution in [0.3, 0.4) is 0 Å². The lowest BCUT2D eigenvalue weighted by Gasteiger charge is -2.30. The first-order chi connectivity index (χ1) is 12.8. The maximum absolute atomic E-state index is 12.2. The van der Waals surface area contributed by atoms with Gasteiger partial charge in [0.15, 0.2) is 0 Å². The summed E-state index contributed by atoms with van der Waals surface area (Å²) in [4.78, 5) is 16.4. The monoisotopic (exact) mass is 352 g/mol. The number of aromatic nitrogens is 1. The van der Waals surface area contributed by atoms with Gasteiger partial charge in [-0.15, -0.1) is 0 Å². The highest BCUT2D eigenvalue weighted by Crippen LogP contribution is 2.30. The van der Waals surface area contributed by atoms with E-state index in [1.165, 1.54) is 25.7 Å². The number of hydrogen-bond donors (Lipinski definition) is 1. The maximum Gasteiger partial charge on any atom is 0.220 e. The highest BCUT2D eigenvalue weighted by atomic mass is 16.5. The summed E-state index contributed by atoms with van der Waals surface area (Å²) in [6, 6.07) is 8.46. The third-order valence-electron chi connectivity index (χ3n) is 5.92. The summed E-state index contributed by atoms with van der Waals surface area (Å²) in [6.45, 7) is 0. The average molecular weight is 352 g/mol. The fraction of sp³-hybridized carbons (Fsp3) is 0.545. The smallest absolute Gasteiger partial charge is 0.220 e. The van der Waals surface area contributed by atoms with E-state index in [4.69, 9.17) is 4.74 Å². The third kappa shape index (κ3) is 4.17. The summed E-state index contributed by atoms with van der Waals surface area (Å²) in [5.74, 6) is 1.82. The van der Waals surface area contributed by atoms with Crippen LogP contribution in [0.2, 0.25) is 0 Å². The summed E-state index contributed by atoms with van der Waals surface area (Å²) in [6.07, 6.45) is 13.7. The molecule has 26 heavy (non-hydrogen) atoms. The van der Waals surface area contributed by atoms with E-state index in [2.05, 4.69) is 16.4 Å². The number of fused-ring (bicyclic) bond motifs is 1. The fourth-order valence-corrected chi connectivity index (χ4v) is 4.46. The van der Waals surface area contributed by atoms with Crippen molar-refractivity contribution in [1.82, 2.24) is 10.3 Å². The Balaban J connectivity index is 1.27. The number of nitrogens with one attached hydrogen (secondary N) is 1. The summed E-state index contributed by atoms with van der Waals surface area (Å²) >= 11 is 0. The van der Waals surface area contributed by atoms with E-state index >= 15 is 0 Å². The SMILES string of the molecule is O=C(CC1CCCC1)NC1CCC(Oc2cccc3cnccc23)CC1. The first-order valence-electron chi connectivity index (χ1n) is 10.1. The zero-order valence-electron chi connectivity index (χ0n) is 15.3. The van der Waals surface area contributed by atoms with Crippen LogP contribution in [-0.2, 0) is 4.79 Å². The van der Waals surface area contributed by atoms with Crippen molar-refractivity contribution >= 4 is 16.7 Å². The number of pyridine rings is 1. The highest BCUT2D eigenvalue weighted by molar-refractivity contribution is 5.87. The first-order valence-corrected chi connectivity index (χ1v) is 10.1. The lowest BCUT2D eigenvalue weighted by atomic mass is 9.92. The molecule has 0 spiro atoms. The number of benzene rings is 1. The molecule has 1 aromatic carbocycles. The van der Waals surface area contributed by atoms with E-state index in [9.17, 15) is 4.79 Å². The second-order valence-electron chi connectivity index (χ2n) is 7.87. The molecule has 2 aromatic rings. The van der Waals surface area contributed by atoms with Gasteiger partial charge in [0.2, 0.25) is 5.91 Å². The molecule has 0 bridgehead atoms. The van der Waals surface area contributed by atoms with Gasteiger partial charge in [-0.2, -0.15) is 0 Å². The van der Waals surface area contributed by atoms with E-state index in [1.807, 2.05) is 30.6 Å². The summed E-state index contributed by atoms with van der Waals surface area (Å²) in [5, 5.41) is 5.49. The molecule has 1 aromatic heterocycles. The Bertz CT molecular complexity index is 741. The number of ether oxygens (including phenoxy) is 1. The minimum atomic E-state index is 0.233. The first kappa shape index (κ1) is 17.3. The minimum Gasteiger partial charge on any atom is -0.490 e. The van der Waals surface area contributed by atoms with Crippen molar-refractivity contribution in [2.75, 3.05) is 0 Å². The largest absolute Gasteiger partial charge is 0.490 e. The molecule has 0 unspecified atom stereocenters. The van der Waals surface area contributed by atoms with Crippen molar-refractivity contribution in [3.63, 3.8) is 0 Å². The second kappa shape index (κ2) is 8.07. The van der Waals surface area contributed by atoms with E-state index in [-0.39, 0.29) is 12.0 Å². The number of carbonyl (C=O) groups is 1. The van der Waals surface area contributed by atoms with Crippen LogP contribution in [0.1, 0.15) is 57.8 Å². The number of nitrogens with zero attached hydrogens (tertiary/aromatic N) is 1. The van der Waals surface area contributed by atoms with Crippen LogP contribution in [0.25, 0.3) is 10.8 Å². The quantitative estimate of drug-likeness (QED) is 0.854. The van der Waals surface area contributed by atoms with Gasteiger partial charge < -0.3 is 10.1 Å². The number of rotatable bonds is 5. The molecule has 2 fully saturated rings. The zero-order chi connectivity index (χ0) is 17.8. The molecule has 1 N–H and O–H groups in total. The van der Waals surface area contributed by atoms with Gasteiger partial charge in [-0.05, 0) is 56.6 Å². The van der Waals surface area contributed by atoms with Gasteiger partial charge in [0, 0.05) is 35.6 Å². The van der Waals surface area contributed by atoms with Crippen molar-refractivity contribution in [1.29, 1.82) is 0 Å². The van der Waals surface area contributed by atoms with E-state index < -0.39 is 0 Å². The molecule has 4 nitrogen and oxygen atoms in total. The molecule has 0 radical (unpaired) electrons. The van der Waals surface area contributed by atoms with E-state index in [0.29, 0.717) is 12.0 Å². The Labute approximate surface area is 155 Å². The Morgan fingerprint density at radius 2 is 1.88 bits per heavy atom. The van der Waals surface area contributed by atoms with Gasteiger partial charge in [0.25, 0.3) is 0 Å². The molecule has 0 saturated heterocycles. The van der Waals surface area contributed by atoms with Crippen LogP contribution in [-0.4, -0.2) is 23.0 Å². The van der Waals surface area contributed by atoms with Crippen molar-refractivity contribution in [3.8, 4) is 5.75 Å². The van der Waals surface area contributed by atoms with Crippen molar-refractivity contribution < 1.29 is 9.53 Å². The maximum atomic E-state index is 12.2.